The van der Waals surface area contributed by atoms with Crippen LogP contribution in [0.3, 0.4) is 0 Å². The van der Waals surface area contributed by atoms with E-state index >= 15 is 0 Å². The third kappa shape index (κ3) is 5.42. The Balaban J connectivity index is 1.92. The molecule has 0 aromatic heterocycles. The van der Waals surface area contributed by atoms with Crippen LogP contribution in [0, 0.1) is 6.92 Å². The first kappa shape index (κ1) is 21.4. The number of aryl methyl sites for hydroxylation is 1. The van der Waals surface area contributed by atoms with Gasteiger partial charge in [-0.25, -0.2) is 17.9 Å². The number of nitrogens with one attached hydrogen (secondary N) is 1. The summed E-state index contributed by atoms with van der Waals surface area (Å²) in [6.07, 6.45) is 0. The monoisotopic (exact) mass is 418 g/mol. The molecule has 0 radical (unpaired) electrons. The molecule has 1 saturated heterocycles. The van der Waals surface area contributed by atoms with Gasteiger partial charge in [0.05, 0.1) is 36.8 Å². The molecule has 1 heterocycles. The number of ether oxygens (including phenoxy) is 2. The number of sulfonamides is 1. The average molecular weight is 419 g/mol. The van der Waals surface area contributed by atoms with Crippen LogP contribution in [0.1, 0.15) is 27.5 Å². The summed E-state index contributed by atoms with van der Waals surface area (Å²) in [6.45, 7) is 5.21. The maximum Gasteiger partial charge on any atom is 0.339 e. The quantitative estimate of drug-likeness (QED) is 0.694. The van der Waals surface area contributed by atoms with Crippen molar-refractivity contribution in [3.05, 3.63) is 65.2 Å². The van der Waals surface area contributed by atoms with E-state index in [4.69, 9.17) is 9.47 Å². The van der Waals surface area contributed by atoms with E-state index in [0.29, 0.717) is 19.8 Å². The molecule has 1 atom stereocenters. The fourth-order valence-corrected chi connectivity index (χ4v) is 4.69. The van der Waals surface area contributed by atoms with Gasteiger partial charge in [-0.1, -0.05) is 42.0 Å². The van der Waals surface area contributed by atoms with Crippen molar-refractivity contribution in [1.29, 1.82) is 0 Å². The number of methoxy groups -OCH3 is 1. The van der Waals surface area contributed by atoms with Gasteiger partial charge >= 0.3 is 5.97 Å². The Morgan fingerprint density at radius 1 is 1.14 bits per heavy atom. The number of nitrogens with zero attached hydrogens (tertiary/aromatic N) is 1. The zero-order valence-electron chi connectivity index (χ0n) is 16.6. The van der Waals surface area contributed by atoms with Gasteiger partial charge in [0, 0.05) is 19.6 Å². The molecule has 0 saturated carbocycles. The van der Waals surface area contributed by atoms with E-state index in [2.05, 4.69) is 9.62 Å². The SMILES string of the molecule is COC(=O)c1ccccc1S(=O)(=O)N[C@@H](CN1CCOCC1)c1ccc(C)cc1. The highest BCUT2D eigenvalue weighted by Crippen LogP contribution is 2.22. The summed E-state index contributed by atoms with van der Waals surface area (Å²) in [5, 5.41) is 0. The maximum absolute atomic E-state index is 13.2. The topological polar surface area (TPSA) is 84.9 Å². The van der Waals surface area contributed by atoms with Gasteiger partial charge in [-0.05, 0) is 24.6 Å². The Hall–Kier alpha value is -2.26. The molecule has 156 valence electrons. The second-order valence-electron chi connectivity index (χ2n) is 6.99. The fraction of sp³-hybridized carbons (Fsp3) is 0.381. The summed E-state index contributed by atoms with van der Waals surface area (Å²) in [7, 11) is -2.73. The molecule has 7 nitrogen and oxygen atoms in total. The molecular weight excluding hydrogens is 392 g/mol. The van der Waals surface area contributed by atoms with Crippen molar-refractivity contribution in [2.75, 3.05) is 40.0 Å². The van der Waals surface area contributed by atoms with E-state index in [1.165, 1.54) is 19.2 Å². The van der Waals surface area contributed by atoms with Crippen LogP contribution in [0.2, 0.25) is 0 Å². The molecule has 0 bridgehead atoms. The molecule has 0 spiro atoms. The molecule has 0 amide bonds. The van der Waals surface area contributed by atoms with E-state index in [1.807, 2.05) is 31.2 Å². The minimum atomic E-state index is -3.96. The normalized spacial score (nSPS) is 16.3. The fourth-order valence-electron chi connectivity index (χ4n) is 3.28. The van der Waals surface area contributed by atoms with Crippen LogP contribution in [0.15, 0.2) is 53.4 Å². The Bertz CT molecular complexity index is 938. The molecular formula is C21H26N2O5S. The Morgan fingerprint density at radius 3 is 2.45 bits per heavy atom. The van der Waals surface area contributed by atoms with Crippen LogP contribution in [0.5, 0.6) is 0 Å². The van der Waals surface area contributed by atoms with Crippen LogP contribution in [0.25, 0.3) is 0 Å². The highest BCUT2D eigenvalue weighted by Gasteiger charge is 2.28. The third-order valence-electron chi connectivity index (χ3n) is 4.90. The Morgan fingerprint density at radius 2 is 1.79 bits per heavy atom. The number of esters is 1. The van der Waals surface area contributed by atoms with Gasteiger partial charge < -0.3 is 9.47 Å². The maximum atomic E-state index is 13.2. The van der Waals surface area contributed by atoms with Crippen LogP contribution in [-0.4, -0.2) is 59.2 Å². The summed E-state index contributed by atoms with van der Waals surface area (Å²) < 4.78 is 39.3. The van der Waals surface area contributed by atoms with Gasteiger partial charge in [0.15, 0.2) is 0 Å². The molecule has 2 aromatic rings. The lowest BCUT2D eigenvalue weighted by molar-refractivity contribution is 0.0345. The molecule has 0 unspecified atom stereocenters. The largest absolute Gasteiger partial charge is 0.465 e. The third-order valence-corrected chi connectivity index (χ3v) is 6.43. The van der Waals surface area contributed by atoms with Crippen molar-refractivity contribution in [3.63, 3.8) is 0 Å². The van der Waals surface area contributed by atoms with E-state index in [1.54, 1.807) is 12.1 Å². The number of hydrogen-bond donors (Lipinski definition) is 1. The number of morpholine rings is 1. The van der Waals surface area contributed by atoms with Crippen molar-refractivity contribution in [3.8, 4) is 0 Å². The van der Waals surface area contributed by atoms with Gasteiger partial charge in [0.1, 0.15) is 0 Å². The first-order valence-corrected chi connectivity index (χ1v) is 11.0. The first-order chi connectivity index (χ1) is 13.9. The summed E-state index contributed by atoms with van der Waals surface area (Å²) in [6, 6.07) is 13.4. The highest BCUT2D eigenvalue weighted by molar-refractivity contribution is 7.89. The summed E-state index contributed by atoms with van der Waals surface area (Å²) >= 11 is 0. The smallest absolute Gasteiger partial charge is 0.339 e. The lowest BCUT2D eigenvalue weighted by Gasteiger charge is -2.31. The van der Waals surface area contributed by atoms with Crippen molar-refractivity contribution >= 4 is 16.0 Å². The number of carbonyl (C=O) groups is 1. The Kier molecular flexibility index (Phi) is 7.02. The predicted octanol–water partition coefficient (Wildman–Crippen LogP) is 2.13. The van der Waals surface area contributed by atoms with Gasteiger partial charge in [0.2, 0.25) is 10.0 Å². The van der Waals surface area contributed by atoms with Gasteiger partial charge in [-0.15, -0.1) is 0 Å². The molecule has 2 aromatic carbocycles. The molecule has 1 aliphatic rings. The Labute approximate surface area is 171 Å². The van der Waals surface area contributed by atoms with E-state index in [-0.39, 0.29) is 10.5 Å². The zero-order chi connectivity index (χ0) is 20.9. The minimum Gasteiger partial charge on any atom is -0.465 e. The van der Waals surface area contributed by atoms with Crippen LogP contribution in [0.4, 0.5) is 0 Å². The van der Waals surface area contributed by atoms with Crippen LogP contribution < -0.4 is 4.72 Å². The second kappa shape index (κ2) is 9.49. The van der Waals surface area contributed by atoms with Crippen molar-refractivity contribution < 1.29 is 22.7 Å². The number of hydrogen-bond acceptors (Lipinski definition) is 6. The minimum absolute atomic E-state index is 0.0107. The lowest BCUT2D eigenvalue weighted by Crippen LogP contribution is -2.43. The first-order valence-electron chi connectivity index (χ1n) is 9.47. The van der Waals surface area contributed by atoms with Gasteiger partial charge in [0.25, 0.3) is 0 Å². The van der Waals surface area contributed by atoms with E-state index in [0.717, 1.165) is 24.2 Å². The molecule has 1 fully saturated rings. The molecule has 8 heteroatoms. The second-order valence-corrected chi connectivity index (χ2v) is 8.67. The van der Waals surface area contributed by atoms with Crippen LogP contribution in [-0.2, 0) is 19.5 Å². The molecule has 0 aliphatic carbocycles. The van der Waals surface area contributed by atoms with Crippen molar-refractivity contribution in [2.45, 2.75) is 17.9 Å². The summed E-state index contributed by atoms with van der Waals surface area (Å²) in [4.78, 5) is 14.1. The zero-order valence-corrected chi connectivity index (χ0v) is 17.4. The lowest BCUT2D eigenvalue weighted by atomic mass is 10.1. The number of carbonyl (C=O) groups excluding carboxylic acids is 1. The molecule has 3 rings (SSSR count). The van der Waals surface area contributed by atoms with E-state index < -0.39 is 22.0 Å². The molecule has 1 aliphatic heterocycles. The average Bonchev–Trinajstić information content (AvgIpc) is 2.74. The summed E-state index contributed by atoms with van der Waals surface area (Å²) in [5.74, 6) is -0.689. The highest BCUT2D eigenvalue weighted by atomic mass is 32.2. The molecule has 29 heavy (non-hydrogen) atoms. The van der Waals surface area contributed by atoms with Crippen molar-refractivity contribution in [1.82, 2.24) is 9.62 Å². The number of rotatable bonds is 7. The van der Waals surface area contributed by atoms with Crippen molar-refractivity contribution in [2.24, 2.45) is 0 Å². The predicted molar refractivity (Wildman–Crippen MR) is 109 cm³/mol. The molecule has 1 N–H and O–H groups in total. The van der Waals surface area contributed by atoms with Gasteiger partial charge in [-0.2, -0.15) is 0 Å². The van der Waals surface area contributed by atoms with E-state index in [9.17, 15) is 13.2 Å². The van der Waals surface area contributed by atoms with Gasteiger partial charge in [-0.3, -0.25) is 4.90 Å². The number of benzene rings is 2. The standard InChI is InChI=1S/C21H26N2O5S/c1-16-7-9-17(10-8-16)19(15-23-11-13-28-14-12-23)22-29(25,26)20-6-4-3-5-18(20)21(24)27-2/h3-10,19,22H,11-15H2,1-2H3/t19-/m0/s1. The van der Waals surface area contributed by atoms with Crippen LogP contribution >= 0.6 is 0 Å². The summed E-state index contributed by atoms with van der Waals surface area (Å²) in [5.41, 5.74) is 1.97.